The number of para-hydroxylation sites is 1. The summed E-state index contributed by atoms with van der Waals surface area (Å²) in [6.45, 7) is 6.92. The molecule has 2 N–H and O–H groups in total. The van der Waals surface area contributed by atoms with E-state index in [-0.39, 0.29) is 18.8 Å². The molecular weight excluding hydrogens is 278 g/mol. The van der Waals surface area contributed by atoms with Gasteiger partial charge >= 0.3 is 0 Å². The smallest absolute Gasteiger partial charge is 0.138 e. The molecule has 4 atom stereocenters. The number of rotatable bonds is 5. The Morgan fingerprint density at radius 1 is 1.35 bits per heavy atom. The van der Waals surface area contributed by atoms with Crippen LogP contribution in [0.25, 0.3) is 0 Å². The molecular formula is C15H23ClNO3+. The van der Waals surface area contributed by atoms with Gasteiger partial charge in [0.15, 0.2) is 0 Å². The summed E-state index contributed by atoms with van der Waals surface area (Å²) in [5.41, 5.74) is 0. The summed E-state index contributed by atoms with van der Waals surface area (Å²) in [5.74, 6) is 0.618. The van der Waals surface area contributed by atoms with Crippen LogP contribution in [0.3, 0.4) is 0 Å². The molecule has 4 nitrogen and oxygen atoms in total. The van der Waals surface area contributed by atoms with Crippen molar-refractivity contribution in [2.45, 2.75) is 32.2 Å². The topological polar surface area (TPSA) is 43.1 Å². The first-order valence-electron chi connectivity index (χ1n) is 7.09. The summed E-state index contributed by atoms with van der Waals surface area (Å²) in [6, 6.07) is 7.30. The Hall–Kier alpha value is -0.810. The molecule has 0 aliphatic carbocycles. The van der Waals surface area contributed by atoms with Gasteiger partial charge in [-0.15, -0.1) is 0 Å². The number of aliphatic hydroxyl groups excluding tert-OH is 1. The second-order valence-electron chi connectivity index (χ2n) is 5.51. The molecule has 1 fully saturated rings. The Balaban J connectivity index is 1.78. The van der Waals surface area contributed by atoms with E-state index in [1.165, 1.54) is 4.90 Å². The number of quaternary nitrogens is 1. The van der Waals surface area contributed by atoms with E-state index in [0.717, 1.165) is 13.1 Å². The highest BCUT2D eigenvalue weighted by molar-refractivity contribution is 6.32. The third-order valence-corrected chi connectivity index (χ3v) is 3.72. The number of benzene rings is 1. The number of nitrogens with one attached hydrogen (secondary N) is 1. The summed E-state index contributed by atoms with van der Waals surface area (Å²) in [7, 11) is 0. The van der Waals surface area contributed by atoms with Crippen molar-refractivity contribution in [1.29, 1.82) is 0 Å². The molecule has 0 bridgehead atoms. The maximum atomic E-state index is 10.1. The molecule has 0 aromatic heterocycles. The van der Waals surface area contributed by atoms with Gasteiger partial charge in [-0.1, -0.05) is 23.7 Å². The van der Waals surface area contributed by atoms with Crippen LogP contribution in [-0.4, -0.2) is 49.7 Å². The lowest BCUT2D eigenvalue weighted by Crippen LogP contribution is -3.16. The first-order chi connectivity index (χ1) is 9.54. The van der Waals surface area contributed by atoms with E-state index >= 15 is 0 Å². The fourth-order valence-corrected chi connectivity index (χ4v) is 2.89. The highest BCUT2D eigenvalue weighted by atomic mass is 35.5. The molecule has 1 saturated heterocycles. The first kappa shape index (κ1) is 15.6. The van der Waals surface area contributed by atoms with Crippen molar-refractivity contribution in [3.8, 4) is 5.75 Å². The zero-order chi connectivity index (χ0) is 14.5. The number of hydrogen-bond donors (Lipinski definition) is 2. The minimum Gasteiger partial charge on any atom is -0.489 e. The first-order valence-corrected chi connectivity index (χ1v) is 7.47. The second-order valence-corrected chi connectivity index (χ2v) is 5.92. The minimum absolute atomic E-state index is 0.241. The molecule has 1 aliphatic rings. The van der Waals surface area contributed by atoms with E-state index in [4.69, 9.17) is 21.1 Å². The van der Waals surface area contributed by atoms with E-state index < -0.39 is 6.10 Å². The molecule has 0 radical (unpaired) electrons. The standard InChI is InChI=1S/C15H22ClNO3/c1-11-7-17(8-12(2)20-11)9-13(18)10-19-15-6-4-3-5-14(15)16/h3-6,11-13,18H,7-10H2,1-2H3/p+1/t11-,12+,13-/m0/s1. The Morgan fingerprint density at radius 2 is 2.00 bits per heavy atom. The molecule has 5 heteroatoms. The van der Waals surface area contributed by atoms with E-state index in [0.29, 0.717) is 17.3 Å². The lowest BCUT2D eigenvalue weighted by molar-refractivity contribution is -0.918. The molecule has 0 spiro atoms. The molecule has 112 valence electrons. The van der Waals surface area contributed by atoms with Crippen LogP contribution in [0, 0.1) is 0 Å². The van der Waals surface area contributed by atoms with Gasteiger partial charge < -0.3 is 19.5 Å². The van der Waals surface area contributed by atoms with E-state index in [1.807, 2.05) is 12.1 Å². The van der Waals surface area contributed by atoms with Crippen molar-refractivity contribution in [3.63, 3.8) is 0 Å². The fraction of sp³-hybridized carbons (Fsp3) is 0.600. The molecule has 1 aromatic rings. The maximum Gasteiger partial charge on any atom is 0.138 e. The zero-order valence-corrected chi connectivity index (χ0v) is 12.8. The summed E-state index contributed by atoms with van der Waals surface area (Å²) in [6.07, 6.45) is -0.0188. The van der Waals surface area contributed by atoms with E-state index in [1.54, 1.807) is 12.1 Å². The maximum absolute atomic E-state index is 10.1. The highest BCUT2D eigenvalue weighted by Crippen LogP contribution is 2.22. The quantitative estimate of drug-likeness (QED) is 0.844. The van der Waals surface area contributed by atoms with Crippen LogP contribution >= 0.6 is 11.6 Å². The number of ether oxygens (including phenoxy) is 2. The van der Waals surface area contributed by atoms with Gasteiger partial charge in [0.05, 0.1) is 5.02 Å². The van der Waals surface area contributed by atoms with Gasteiger partial charge in [0.25, 0.3) is 0 Å². The van der Waals surface area contributed by atoms with Gasteiger partial charge in [-0.05, 0) is 26.0 Å². The van der Waals surface area contributed by atoms with Crippen molar-refractivity contribution in [3.05, 3.63) is 29.3 Å². The summed E-state index contributed by atoms with van der Waals surface area (Å²) < 4.78 is 11.3. The Bertz CT molecular complexity index is 419. The average molecular weight is 301 g/mol. The van der Waals surface area contributed by atoms with Gasteiger partial charge in [0.1, 0.15) is 50.3 Å². The van der Waals surface area contributed by atoms with Crippen LogP contribution in [0.1, 0.15) is 13.8 Å². The summed E-state index contributed by atoms with van der Waals surface area (Å²) in [5, 5.41) is 10.7. The van der Waals surface area contributed by atoms with Crippen molar-refractivity contribution >= 4 is 11.6 Å². The molecule has 1 unspecified atom stereocenters. The number of aliphatic hydroxyl groups is 1. The largest absolute Gasteiger partial charge is 0.489 e. The van der Waals surface area contributed by atoms with Crippen molar-refractivity contribution in [1.82, 2.24) is 0 Å². The zero-order valence-electron chi connectivity index (χ0n) is 12.0. The molecule has 20 heavy (non-hydrogen) atoms. The molecule has 0 amide bonds. The van der Waals surface area contributed by atoms with Crippen molar-refractivity contribution in [2.75, 3.05) is 26.2 Å². The lowest BCUT2D eigenvalue weighted by atomic mass is 10.2. The van der Waals surface area contributed by atoms with Crippen LogP contribution in [-0.2, 0) is 4.74 Å². The van der Waals surface area contributed by atoms with E-state index in [2.05, 4.69) is 13.8 Å². The Morgan fingerprint density at radius 3 is 2.65 bits per heavy atom. The molecule has 1 heterocycles. The van der Waals surface area contributed by atoms with Crippen LogP contribution in [0.2, 0.25) is 5.02 Å². The highest BCUT2D eigenvalue weighted by Gasteiger charge is 2.27. The Kier molecular flexibility index (Phi) is 5.66. The second kappa shape index (κ2) is 7.27. The predicted molar refractivity (Wildman–Crippen MR) is 78.5 cm³/mol. The monoisotopic (exact) mass is 300 g/mol. The SMILES string of the molecule is C[C@@H]1C[NH+](C[C@H](O)COc2ccccc2Cl)C[C@H](C)O1. The van der Waals surface area contributed by atoms with Gasteiger partial charge in [0.2, 0.25) is 0 Å². The van der Waals surface area contributed by atoms with Crippen LogP contribution < -0.4 is 9.64 Å². The lowest BCUT2D eigenvalue weighted by Gasteiger charge is -2.33. The molecule has 2 rings (SSSR count). The van der Waals surface area contributed by atoms with Crippen LogP contribution in [0.4, 0.5) is 0 Å². The van der Waals surface area contributed by atoms with Gasteiger partial charge in [0, 0.05) is 0 Å². The predicted octanol–water partition coefficient (Wildman–Crippen LogP) is 0.772. The Labute approximate surface area is 125 Å². The number of halogens is 1. The molecule has 1 aromatic carbocycles. The van der Waals surface area contributed by atoms with E-state index in [9.17, 15) is 5.11 Å². The van der Waals surface area contributed by atoms with Crippen molar-refractivity contribution in [2.24, 2.45) is 0 Å². The fourth-order valence-electron chi connectivity index (χ4n) is 2.70. The van der Waals surface area contributed by atoms with Crippen molar-refractivity contribution < 1.29 is 19.5 Å². The van der Waals surface area contributed by atoms with Gasteiger partial charge in [-0.3, -0.25) is 0 Å². The third kappa shape index (κ3) is 4.63. The van der Waals surface area contributed by atoms with Gasteiger partial charge in [-0.25, -0.2) is 0 Å². The van der Waals surface area contributed by atoms with Crippen LogP contribution in [0.5, 0.6) is 5.75 Å². The summed E-state index contributed by atoms with van der Waals surface area (Å²) in [4.78, 5) is 1.35. The summed E-state index contributed by atoms with van der Waals surface area (Å²) >= 11 is 6.01. The average Bonchev–Trinajstić information content (AvgIpc) is 2.36. The van der Waals surface area contributed by atoms with Gasteiger partial charge in [-0.2, -0.15) is 0 Å². The normalized spacial score (nSPS) is 28.1. The minimum atomic E-state index is -0.501. The molecule has 0 saturated carbocycles. The third-order valence-electron chi connectivity index (χ3n) is 3.41. The number of hydrogen-bond acceptors (Lipinski definition) is 3. The number of morpholine rings is 1. The van der Waals surface area contributed by atoms with Crippen LogP contribution in [0.15, 0.2) is 24.3 Å². The molecule has 1 aliphatic heterocycles.